The van der Waals surface area contributed by atoms with Gasteiger partial charge in [0, 0.05) is 11.9 Å². The molecule has 17 heavy (non-hydrogen) atoms. The Labute approximate surface area is 114 Å². The predicted octanol–water partition coefficient (Wildman–Crippen LogP) is 3.51. The van der Waals surface area contributed by atoms with Crippen molar-refractivity contribution in [2.45, 2.75) is 64.6 Å². The van der Waals surface area contributed by atoms with Gasteiger partial charge in [-0.15, -0.1) is 0 Å². The van der Waals surface area contributed by atoms with Crippen LogP contribution in [-0.4, -0.2) is 28.2 Å². The maximum Gasteiger partial charge on any atom is 0.125 e. The van der Waals surface area contributed by atoms with Gasteiger partial charge in [-0.05, 0) is 39.5 Å². The van der Waals surface area contributed by atoms with Crippen LogP contribution in [-0.2, 0) is 4.74 Å². The molecule has 2 nitrogen and oxygen atoms in total. The van der Waals surface area contributed by atoms with E-state index >= 15 is 0 Å². The molecule has 0 rings (SSSR count). The number of alkyl halides is 1. The highest BCUT2D eigenvalue weighted by atomic mass is 79.9. The van der Waals surface area contributed by atoms with Gasteiger partial charge in [0.2, 0.25) is 0 Å². The van der Waals surface area contributed by atoms with E-state index in [0.29, 0.717) is 6.42 Å². The van der Waals surface area contributed by atoms with Gasteiger partial charge >= 0.3 is 0 Å². The lowest BCUT2D eigenvalue weighted by atomic mass is 9.99. The minimum Gasteiger partial charge on any atom is -0.378 e. The Bertz CT molecular complexity index is 265. The van der Waals surface area contributed by atoms with E-state index in [0.717, 1.165) is 31.2 Å². The van der Waals surface area contributed by atoms with Gasteiger partial charge in [0.25, 0.3) is 0 Å². The van der Waals surface area contributed by atoms with E-state index in [4.69, 9.17) is 4.74 Å². The summed E-state index contributed by atoms with van der Waals surface area (Å²) in [6.07, 6.45) is 3.60. The second-order valence-electron chi connectivity index (χ2n) is 4.71. The van der Waals surface area contributed by atoms with Crippen molar-refractivity contribution in [3.05, 3.63) is 0 Å². The molecule has 100 valence electrons. The van der Waals surface area contributed by atoms with E-state index in [9.17, 15) is 5.11 Å². The Morgan fingerprint density at radius 2 is 1.76 bits per heavy atom. The zero-order chi connectivity index (χ0) is 13.4. The first-order valence-corrected chi connectivity index (χ1v) is 7.48. The van der Waals surface area contributed by atoms with Crippen LogP contribution in [0.5, 0.6) is 0 Å². The first-order valence-electron chi connectivity index (χ1n) is 6.35. The second kappa shape index (κ2) is 8.13. The normalized spacial score (nSPS) is 17.8. The SMILES string of the molecule is CCC(C)(O)C#CC(C)(CC)OCCCCBr. The number of ether oxygens (including phenoxy) is 1. The summed E-state index contributed by atoms with van der Waals surface area (Å²) in [5, 5.41) is 10.9. The molecule has 0 radical (unpaired) electrons. The van der Waals surface area contributed by atoms with Crippen LogP contribution in [0, 0.1) is 11.8 Å². The van der Waals surface area contributed by atoms with Crippen LogP contribution in [0.1, 0.15) is 53.4 Å². The van der Waals surface area contributed by atoms with Gasteiger partial charge in [-0.3, -0.25) is 0 Å². The van der Waals surface area contributed by atoms with Gasteiger partial charge in [-0.1, -0.05) is 41.6 Å². The van der Waals surface area contributed by atoms with Crippen molar-refractivity contribution < 1.29 is 9.84 Å². The first-order chi connectivity index (χ1) is 7.89. The fraction of sp³-hybridized carbons (Fsp3) is 0.857. The zero-order valence-corrected chi connectivity index (χ0v) is 13.1. The molecule has 0 fully saturated rings. The minimum absolute atomic E-state index is 0.439. The summed E-state index contributed by atoms with van der Waals surface area (Å²) in [7, 11) is 0. The summed E-state index contributed by atoms with van der Waals surface area (Å²) < 4.78 is 5.82. The predicted molar refractivity (Wildman–Crippen MR) is 76.4 cm³/mol. The lowest BCUT2D eigenvalue weighted by Crippen LogP contribution is -2.28. The largest absolute Gasteiger partial charge is 0.378 e. The van der Waals surface area contributed by atoms with Gasteiger partial charge in [-0.2, -0.15) is 0 Å². The molecule has 0 saturated carbocycles. The molecule has 0 aliphatic heterocycles. The number of unbranched alkanes of at least 4 members (excludes halogenated alkanes) is 1. The molecule has 0 saturated heterocycles. The monoisotopic (exact) mass is 304 g/mol. The van der Waals surface area contributed by atoms with Crippen LogP contribution in [0.4, 0.5) is 0 Å². The molecule has 1 N–H and O–H groups in total. The summed E-state index contributed by atoms with van der Waals surface area (Å²) >= 11 is 3.40. The van der Waals surface area contributed by atoms with Crippen LogP contribution >= 0.6 is 15.9 Å². The standard InChI is InChI=1S/C14H25BrO2/c1-5-13(3,16)9-10-14(4,6-2)17-12-8-7-11-15/h16H,5-8,11-12H2,1-4H3. The minimum atomic E-state index is -0.907. The maximum absolute atomic E-state index is 9.86. The van der Waals surface area contributed by atoms with Crippen LogP contribution in [0.3, 0.4) is 0 Å². The highest BCUT2D eigenvalue weighted by Crippen LogP contribution is 2.16. The topological polar surface area (TPSA) is 29.5 Å². The van der Waals surface area contributed by atoms with Crippen molar-refractivity contribution in [3.63, 3.8) is 0 Å². The van der Waals surface area contributed by atoms with Crippen LogP contribution in [0.25, 0.3) is 0 Å². The second-order valence-corrected chi connectivity index (χ2v) is 5.50. The Kier molecular flexibility index (Phi) is 8.11. The van der Waals surface area contributed by atoms with Crippen molar-refractivity contribution in [1.29, 1.82) is 0 Å². The Morgan fingerprint density at radius 3 is 2.24 bits per heavy atom. The van der Waals surface area contributed by atoms with Crippen molar-refractivity contribution >= 4 is 15.9 Å². The molecular formula is C14H25BrO2. The van der Waals surface area contributed by atoms with E-state index in [2.05, 4.69) is 34.7 Å². The Balaban J connectivity index is 4.36. The summed E-state index contributed by atoms with van der Waals surface area (Å²) in [6, 6.07) is 0. The average molecular weight is 305 g/mol. The Hall–Kier alpha value is -0.0400. The molecule has 0 aromatic rings. The maximum atomic E-state index is 9.86. The number of hydrogen-bond acceptors (Lipinski definition) is 2. The fourth-order valence-electron chi connectivity index (χ4n) is 1.08. The van der Waals surface area contributed by atoms with Crippen LogP contribution < -0.4 is 0 Å². The van der Waals surface area contributed by atoms with Crippen molar-refractivity contribution in [1.82, 2.24) is 0 Å². The summed E-state index contributed by atoms with van der Waals surface area (Å²) in [5.41, 5.74) is -1.35. The molecule has 0 spiro atoms. The highest BCUT2D eigenvalue weighted by molar-refractivity contribution is 9.09. The summed E-state index contributed by atoms with van der Waals surface area (Å²) in [6.45, 7) is 8.42. The summed E-state index contributed by atoms with van der Waals surface area (Å²) in [4.78, 5) is 0. The molecule has 2 atom stereocenters. The van der Waals surface area contributed by atoms with E-state index in [1.165, 1.54) is 0 Å². The first kappa shape index (κ1) is 17.0. The molecule has 0 aromatic carbocycles. The van der Waals surface area contributed by atoms with E-state index in [-0.39, 0.29) is 0 Å². The molecule has 0 aliphatic rings. The van der Waals surface area contributed by atoms with E-state index < -0.39 is 11.2 Å². The fourth-order valence-corrected chi connectivity index (χ4v) is 1.47. The van der Waals surface area contributed by atoms with Gasteiger partial charge in [-0.25, -0.2) is 0 Å². The van der Waals surface area contributed by atoms with Gasteiger partial charge in [0.05, 0.1) is 0 Å². The molecule has 0 aromatic heterocycles. The molecule has 2 unspecified atom stereocenters. The summed E-state index contributed by atoms with van der Waals surface area (Å²) in [5.74, 6) is 5.99. The molecular weight excluding hydrogens is 280 g/mol. The molecule has 0 amide bonds. The number of aliphatic hydroxyl groups is 1. The van der Waals surface area contributed by atoms with Crippen LogP contribution in [0.15, 0.2) is 0 Å². The molecule has 3 heteroatoms. The van der Waals surface area contributed by atoms with Crippen molar-refractivity contribution in [2.24, 2.45) is 0 Å². The number of halogens is 1. The van der Waals surface area contributed by atoms with Crippen molar-refractivity contribution in [2.75, 3.05) is 11.9 Å². The average Bonchev–Trinajstić information content (AvgIpc) is 2.32. The van der Waals surface area contributed by atoms with Crippen LogP contribution in [0.2, 0.25) is 0 Å². The lowest BCUT2D eigenvalue weighted by Gasteiger charge is -2.23. The van der Waals surface area contributed by atoms with Gasteiger partial charge in [0.1, 0.15) is 11.2 Å². The third-order valence-electron chi connectivity index (χ3n) is 2.91. The smallest absolute Gasteiger partial charge is 0.125 e. The van der Waals surface area contributed by atoms with E-state index in [1.807, 2.05) is 13.8 Å². The Morgan fingerprint density at radius 1 is 1.12 bits per heavy atom. The number of hydrogen-bond donors (Lipinski definition) is 1. The van der Waals surface area contributed by atoms with Gasteiger partial charge in [0.15, 0.2) is 0 Å². The quantitative estimate of drug-likeness (QED) is 0.443. The van der Waals surface area contributed by atoms with E-state index in [1.54, 1.807) is 6.92 Å². The number of rotatable bonds is 7. The third-order valence-corrected chi connectivity index (χ3v) is 3.47. The van der Waals surface area contributed by atoms with Gasteiger partial charge < -0.3 is 9.84 Å². The molecule has 0 bridgehead atoms. The highest BCUT2D eigenvalue weighted by Gasteiger charge is 2.21. The lowest BCUT2D eigenvalue weighted by molar-refractivity contribution is 0.00818. The van der Waals surface area contributed by atoms with Crippen molar-refractivity contribution in [3.8, 4) is 11.8 Å². The zero-order valence-electron chi connectivity index (χ0n) is 11.5. The third kappa shape index (κ3) is 7.81. The molecule has 0 aliphatic carbocycles. The molecule has 0 heterocycles.